The topological polar surface area (TPSA) is 63.2 Å². The van der Waals surface area contributed by atoms with Gasteiger partial charge in [0.15, 0.2) is 0 Å². The van der Waals surface area contributed by atoms with Crippen molar-refractivity contribution in [1.82, 2.24) is 9.88 Å². The van der Waals surface area contributed by atoms with Gasteiger partial charge in [-0.15, -0.1) is 0 Å². The lowest BCUT2D eigenvalue weighted by atomic mass is 10.1. The zero-order valence-electron chi connectivity index (χ0n) is 16.5. The van der Waals surface area contributed by atoms with E-state index < -0.39 is 6.09 Å². The summed E-state index contributed by atoms with van der Waals surface area (Å²) in [4.78, 5) is 24.6. The monoisotopic (exact) mass is 381 g/mol. The number of carbonyl (C=O) groups is 1. The molecule has 1 aromatic heterocycles. The molecule has 7 nitrogen and oxygen atoms in total. The lowest BCUT2D eigenvalue weighted by Crippen LogP contribution is -2.48. The van der Waals surface area contributed by atoms with E-state index >= 15 is 0 Å². The minimum absolute atomic E-state index is 0.424. The average molecular weight is 381 g/mol. The van der Waals surface area contributed by atoms with Gasteiger partial charge in [0.2, 0.25) is 0 Å². The van der Waals surface area contributed by atoms with E-state index in [1.165, 1.54) is 4.90 Å². The van der Waals surface area contributed by atoms with Gasteiger partial charge in [0, 0.05) is 45.3 Å². The van der Waals surface area contributed by atoms with Crippen LogP contribution in [0.25, 0.3) is 0 Å². The Morgan fingerprint density at radius 2 is 1.68 bits per heavy atom. The van der Waals surface area contributed by atoms with Crippen LogP contribution in [0.4, 0.5) is 27.7 Å². The molecule has 28 heavy (non-hydrogen) atoms. The Morgan fingerprint density at radius 1 is 0.964 bits per heavy atom. The smallest absolute Gasteiger partial charge is 0.411 e. The Hall–Kier alpha value is -2.80. The van der Waals surface area contributed by atoms with Crippen LogP contribution in [0.3, 0.4) is 0 Å². The van der Waals surface area contributed by atoms with Crippen molar-refractivity contribution in [2.45, 2.75) is 19.9 Å². The standard InChI is InChI=1S/C21H27N5O2/c1-16(2)23-9-11-24(12-10-23)17-7-8-20(22-15-17)25-13-14-26(21(27)28)19-6-4-3-5-18(19)25/h3-8,15-16H,9-14H2,1-2H3,(H,27,28). The summed E-state index contributed by atoms with van der Waals surface area (Å²) in [7, 11) is 0. The van der Waals surface area contributed by atoms with Gasteiger partial charge < -0.3 is 14.9 Å². The summed E-state index contributed by atoms with van der Waals surface area (Å²) >= 11 is 0. The van der Waals surface area contributed by atoms with Crippen LogP contribution in [0.2, 0.25) is 0 Å². The van der Waals surface area contributed by atoms with Crippen molar-refractivity contribution in [3.63, 3.8) is 0 Å². The molecule has 1 fully saturated rings. The molecule has 148 valence electrons. The third-order valence-corrected chi connectivity index (χ3v) is 5.66. The van der Waals surface area contributed by atoms with Gasteiger partial charge in [-0.2, -0.15) is 0 Å². The molecule has 0 aliphatic carbocycles. The van der Waals surface area contributed by atoms with Gasteiger partial charge in [-0.05, 0) is 38.1 Å². The molecule has 1 saturated heterocycles. The third kappa shape index (κ3) is 3.49. The highest BCUT2D eigenvalue weighted by atomic mass is 16.4. The van der Waals surface area contributed by atoms with Crippen LogP contribution >= 0.6 is 0 Å². The number of hydrogen-bond donors (Lipinski definition) is 1. The normalized spacial score (nSPS) is 17.8. The molecule has 0 atom stereocenters. The van der Waals surface area contributed by atoms with E-state index in [-0.39, 0.29) is 0 Å². The van der Waals surface area contributed by atoms with Crippen LogP contribution in [0.5, 0.6) is 0 Å². The van der Waals surface area contributed by atoms with E-state index in [9.17, 15) is 9.90 Å². The van der Waals surface area contributed by atoms with Crippen molar-refractivity contribution in [2.75, 3.05) is 54.0 Å². The molecule has 0 spiro atoms. The predicted molar refractivity (Wildman–Crippen MR) is 112 cm³/mol. The van der Waals surface area contributed by atoms with E-state index in [4.69, 9.17) is 4.98 Å². The highest BCUT2D eigenvalue weighted by Gasteiger charge is 2.27. The van der Waals surface area contributed by atoms with Crippen molar-refractivity contribution in [2.24, 2.45) is 0 Å². The zero-order chi connectivity index (χ0) is 19.7. The number of pyridine rings is 1. The molecule has 0 saturated carbocycles. The van der Waals surface area contributed by atoms with Gasteiger partial charge >= 0.3 is 6.09 Å². The summed E-state index contributed by atoms with van der Waals surface area (Å²) in [5, 5.41) is 9.46. The van der Waals surface area contributed by atoms with Crippen molar-refractivity contribution in [3.05, 3.63) is 42.6 Å². The zero-order valence-corrected chi connectivity index (χ0v) is 16.5. The molecule has 1 N–H and O–H groups in total. The molecule has 0 unspecified atom stereocenters. The fourth-order valence-corrected chi connectivity index (χ4v) is 4.02. The molecule has 0 bridgehead atoms. The second kappa shape index (κ2) is 7.67. The first-order valence-corrected chi connectivity index (χ1v) is 9.86. The third-order valence-electron chi connectivity index (χ3n) is 5.66. The summed E-state index contributed by atoms with van der Waals surface area (Å²) in [5.74, 6) is 0.849. The maximum atomic E-state index is 11.5. The molecule has 2 aliphatic heterocycles. The molecule has 7 heteroatoms. The second-order valence-corrected chi connectivity index (χ2v) is 7.57. The minimum atomic E-state index is -0.920. The fourth-order valence-electron chi connectivity index (χ4n) is 4.02. The number of piperazine rings is 1. The molecule has 3 heterocycles. The number of nitrogens with zero attached hydrogens (tertiary/aromatic N) is 5. The quantitative estimate of drug-likeness (QED) is 0.881. The van der Waals surface area contributed by atoms with Gasteiger partial charge in [0.1, 0.15) is 5.82 Å². The lowest BCUT2D eigenvalue weighted by molar-refractivity contribution is 0.201. The minimum Gasteiger partial charge on any atom is -0.465 e. The van der Waals surface area contributed by atoms with Crippen LogP contribution in [-0.2, 0) is 0 Å². The summed E-state index contributed by atoms with van der Waals surface area (Å²) in [6.07, 6.45) is 1.02. The van der Waals surface area contributed by atoms with Gasteiger partial charge in [-0.1, -0.05) is 12.1 Å². The van der Waals surface area contributed by atoms with Crippen molar-refractivity contribution < 1.29 is 9.90 Å². The number of benzene rings is 1. The van der Waals surface area contributed by atoms with Crippen LogP contribution in [0.15, 0.2) is 42.6 Å². The highest BCUT2D eigenvalue weighted by molar-refractivity contribution is 5.93. The van der Waals surface area contributed by atoms with E-state index in [1.54, 1.807) is 0 Å². The van der Waals surface area contributed by atoms with E-state index in [1.807, 2.05) is 36.5 Å². The maximum absolute atomic E-state index is 11.5. The number of aromatic nitrogens is 1. The second-order valence-electron chi connectivity index (χ2n) is 7.57. The molecule has 2 aliphatic rings. The Balaban J connectivity index is 1.52. The van der Waals surface area contributed by atoms with E-state index in [2.05, 4.69) is 34.6 Å². The Morgan fingerprint density at radius 3 is 2.29 bits per heavy atom. The number of amides is 1. The summed E-state index contributed by atoms with van der Waals surface area (Å²) in [6, 6.07) is 12.3. The highest BCUT2D eigenvalue weighted by Crippen LogP contribution is 2.37. The van der Waals surface area contributed by atoms with Crippen LogP contribution < -0.4 is 14.7 Å². The summed E-state index contributed by atoms with van der Waals surface area (Å²) in [6.45, 7) is 9.67. The molecule has 1 amide bonds. The van der Waals surface area contributed by atoms with Crippen LogP contribution in [-0.4, -0.2) is 66.4 Å². The SMILES string of the molecule is CC(C)N1CCN(c2ccc(N3CCN(C(=O)O)c4ccccc43)nc2)CC1. The lowest BCUT2D eigenvalue weighted by Gasteiger charge is -2.38. The van der Waals surface area contributed by atoms with Crippen molar-refractivity contribution in [3.8, 4) is 0 Å². The molecular formula is C21H27N5O2. The van der Waals surface area contributed by atoms with Gasteiger partial charge in [-0.3, -0.25) is 9.80 Å². The van der Waals surface area contributed by atoms with Crippen molar-refractivity contribution >= 4 is 29.0 Å². The van der Waals surface area contributed by atoms with Gasteiger partial charge in [-0.25, -0.2) is 9.78 Å². The first-order chi connectivity index (χ1) is 13.5. The van der Waals surface area contributed by atoms with Crippen LogP contribution in [0, 0.1) is 0 Å². The van der Waals surface area contributed by atoms with Crippen LogP contribution in [0.1, 0.15) is 13.8 Å². The number of hydrogen-bond acceptors (Lipinski definition) is 5. The summed E-state index contributed by atoms with van der Waals surface area (Å²) in [5.41, 5.74) is 2.73. The first-order valence-electron chi connectivity index (χ1n) is 9.86. The molecule has 2 aromatic rings. The number of carboxylic acid groups (broad SMARTS) is 1. The number of para-hydroxylation sites is 2. The van der Waals surface area contributed by atoms with Crippen molar-refractivity contribution in [1.29, 1.82) is 0 Å². The Labute approximate surface area is 165 Å². The van der Waals surface area contributed by atoms with E-state index in [0.29, 0.717) is 24.8 Å². The molecular weight excluding hydrogens is 354 g/mol. The fraction of sp³-hybridized carbons (Fsp3) is 0.429. The molecule has 1 aromatic carbocycles. The number of fused-ring (bicyclic) bond motifs is 1. The van der Waals surface area contributed by atoms with Gasteiger partial charge in [0.25, 0.3) is 0 Å². The number of anilines is 4. The largest absolute Gasteiger partial charge is 0.465 e. The molecule has 4 rings (SSSR count). The predicted octanol–water partition coefficient (Wildman–Crippen LogP) is 3.25. The Bertz CT molecular complexity index is 831. The maximum Gasteiger partial charge on any atom is 0.411 e. The molecule has 0 radical (unpaired) electrons. The summed E-state index contributed by atoms with van der Waals surface area (Å²) < 4.78 is 0. The number of rotatable bonds is 3. The Kier molecular flexibility index (Phi) is 5.09. The van der Waals surface area contributed by atoms with E-state index in [0.717, 1.165) is 43.4 Å². The first kappa shape index (κ1) is 18.6. The average Bonchev–Trinajstić information content (AvgIpc) is 2.73. The van der Waals surface area contributed by atoms with Gasteiger partial charge in [0.05, 0.1) is 23.3 Å².